The first-order valence-corrected chi connectivity index (χ1v) is 6.15. The third-order valence-electron chi connectivity index (χ3n) is 3.00. The highest BCUT2D eigenvalue weighted by atomic mass is 16.3. The van der Waals surface area contributed by atoms with Gasteiger partial charge in [0.15, 0.2) is 0 Å². The van der Waals surface area contributed by atoms with Gasteiger partial charge in [-0.15, -0.1) is 0 Å². The summed E-state index contributed by atoms with van der Waals surface area (Å²) >= 11 is 0. The van der Waals surface area contributed by atoms with Crippen molar-refractivity contribution in [2.24, 2.45) is 5.84 Å². The molecule has 6 nitrogen and oxygen atoms in total. The van der Waals surface area contributed by atoms with Crippen LogP contribution >= 0.6 is 0 Å². The molecule has 1 atom stereocenters. The molecule has 0 aliphatic carbocycles. The zero-order chi connectivity index (χ0) is 14.0. The Labute approximate surface area is 112 Å². The number of aryl methyl sites for hydroxylation is 3. The van der Waals surface area contributed by atoms with Crippen LogP contribution in [0.25, 0.3) is 0 Å². The number of nitrogens with zero attached hydrogens (tertiary/aromatic N) is 2. The highest BCUT2D eigenvalue weighted by Crippen LogP contribution is 2.25. The summed E-state index contributed by atoms with van der Waals surface area (Å²) in [6.45, 7) is 7.91. The third kappa shape index (κ3) is 2.85. The summed E-state index contributed by atoms with van der Waals surface area (Å²) in [6, 6.07) is 2.13. The maximum absolute atomic E-state index is 5.54. The van der Waals surface area contributed by atoms with Crippen molar-refractivity contribution in [3.8, 4) is 0 Å². The van der Waals surface area contributed by atoms with Gasteiger partial charge >= 0.3 is 0 Å². The molecule has 102 valence electrons. The van der Waals surface area contributed by atoms with E-state index in [-0.39, 0.29) is 6.04 Å². The fraction of sp³-hybridized carbons (Fsp3) is 0.385. The molecule has 0 spiro atoms. The average Bonchev–Trinajstić information content (AvgIpc) is 2.71. The molecule has 0 aliphatic heterocycles. The van der Waals surface area contributed by atoms with E-state index < -0.39 is 0 Å². The lowest BCUT2D eigenvalue weighted by Gasteiger charge is -2.16. The Bertz CT molecular complexity index is 578. The van der Waals surface area contributed by atoms with Gasteiger partial charge in [0.05, 0.1) is 6.04 Å². The minimum absolute atomic E-state index is 0.0941. The molecule has 0 aromatic carbocycles. The molecular formula is C13H19N5O. The highest BCUT2D eigenvalue weighted by molar-refractivity contribution is 5.48. The minimum atomic E-state index is 0.0941. The Morgan fingerprint density at radius 1 is 1.32 bits per heavy atom. The number of nitrogens with one attached hydrogen (secondary N) is 2. The average molecular weight is 261 g/mol. The van der Waals surface area contributed by atoms with Crippen molar-refractivity contribution in [1.29, 1.82) is 0 Å². The molecule has 0 fully saturated rings. The van der Waals surface area contributed by atoms with Crippen LogP contribution in [0.1, 0.15) is 35.6 Å². The second kappa shape index (κ2) is 5.27. The number of nitrogen functional groups attached to an aromatic ring is 1. The Morgan fingerprint density at radius 2 is 2.05 bits per heavy atom. The lowest BCUT2D eigenvalue weighted by molar-refractivity contribution is 0.499. The van der Waals surface area contributed by atoms with Gasteiger partial charge in [-0.3, -0.25) is 5.43 Å². The number of nitrogens with two attached hydrogens (primary N) is 1. The molecule has 4 N–H and O–H groups in total. The molecule has 2 rings (SSSR count). The predicted molar refractivity (Wildman–Crippen MR) is 74.8 cm³/mol. The molecule has 0 saturated carbocycles. The van der Waals surface area contributed by atoms with E-state index >= 15 is 0 Å². The molecule has 0 bridgehead atoms. The van der Waals surface area contributed by atoms with Gasteiger partial charge in [-0.1, -0.05) is 0 Å². The van der Waals surface area contributed by atoms with Crippen LogP contribution < -0.4 is 16.6 Å². The van der Waals surface area contributed by atoms with E-state index in [0.717, 1.165) is 28.5 Å². The van der Waals surface area contributed by atoms with Crippen LogP contribution in [0, 0.1) is 20.8 Å². The maximum Gasteiger partial charge on any atom is 0.239 e. The molecule has 2 aromatic rings. The van der Waals surface area contributed by atoms with Gasteiger partial charge in [-0.05, 0) is 33.8 Å². The first-order chi connectivity index (χ1) is 9.01. The Hall–Kier alpha value is -2.08. The van der Waals surface area contributed by atoms with Crippen LogP contribution in [-0.4, -0.2) is 9.97 Å². The van der Waals surface area contributed by atoms with E-state index in [4.69, 9.17) is 10.3 Å². The SMILES string of the molecule is Cc1cc(C(C)Nc2nc(NN)ncc2C)c(C)o1. The topological polar surface area (TPSA) is 89.0 Å². The molecule has 6 heteroatoms. The molecular weight excluding hydrogens is 242 g/mol. The fourth-order valence-electron chi connectivity index (χ4n) is 2.02. The van der Waals surface area contributed by atoms with Crippen molar-refractivity contribution < 1.29 is 4.42 Å². The quantitative estimate of drug-likeness (QED) is 0.578. The van der Waals surface area contributed by atoms with Crippen molar-refractivity contribution >= 4 is 11.8 Å². The van der Waals surface area contributed by atoms with Crippen LogP contribution in [0.5, 0.6) is 0 Å². The summed E-state index contributed by atoms with van der Waals surface area (Å²) < 4.78 is 5.54. The van der Waals surface area contributed by atoms with Crippen molar-refractivity contribution in [3.05, 3.63) is 34.9 Å². The standard InChI is InChI=1S/C13H19N5O/c1-7-6-15-13(18-14)17-12(7)16-9(3)11-5-8(2)19-10(11)4/h5-6,9H,14H2,1-4H3,(H2,15,16,17,18). The van der Waals surface area contributed by atoms with E-state index in [2.05, 4.69) is 27.6 Å². The Kier molecular flexibility index (Phi) is 3.71. The van der Waals surface area contributed by atoms with E-state index in [1.54, 1.807) is 6.20 Å². The van der Waals surface area contributed by atoms with Crippen molar-refractivity contribution in [2.45, 2.75) is 33.7 Å². The molecule has 0 radical (unpaired) electrons. The summed E-state index contributed by atoms with van der Waals surface area (Å²) in [7, 11) is 0. The molecule has 0 amide bonds. The molecule has 0 saturated heterocycles. The fourth-order valence-corrected chi connectivity index (χ4v) is 2.02. The zero-order valence-corrected chi connectivity index (χ0v) is 11.6. The van der Waals surface area contributed by atoms with Gasteiger partial charge < -0.3 is 9.73 Å². The van der Waals surface area contributed by atoms with E-state index in [0.29, 0.717) is 5.95 Å². The second-order valence-corrected chi connectivity index (χ2v) is 4.60. The van der Waals surface area contributed by atoms with E-state index in [1.165, 1.54) is 0 Å². The molecule has 2 aromatic heterocycles. The monoisotopic (exact) mass is 261 g/mol. The summed E-state index contributed by atoms with van der Waals surface area (Å²) in [4.78, 5) is 8.36. The van der Waals surface area contributed by atoms with Crippen molar-refractivity contribution in [1.82, 2.24) is 9.97 Å². The normalized spacial score (nSPS) is 12.3. The highest BCUT2D eigenvalue weighted by Gasteiger charge is 2.14. The van der Waals surface area contributed by atoms with Crippen LogP contribution in [0.4, 0.5) is 11.8 Å². The number of hydrogen-bond acceptors (Lipinski definition) is 6. The van der Waals surface area contributed by atoms with Gasteiger partial charge in [0.1, 0.15) is 17.3 Å². The predicted octanol–water partition coefficient (Wildman–Crippen LogP) is 2.45. The summed E-state index contributed by atoms with van der Waals surface area (Å²) in [5, 5.41) is 3.35. The molecule has 2 heterocycles. The molecule has 0 aliphatic rings. The third-order valence-corrected chi connectivity index (χ3v) is 3.00. The van der Waals surface area contributed by atoms with Gasteiger partial charge in [0, 0.05) is 17.3 Å². The number of anilines is 2. The van der Waals surface area contributed by atoms with Crippen LogP contribution in [-0.2, 0) is 0 Å². The molecule has 1 unspecified atom stereocenters. The Morgan fingerprint density at radius 3 is 2.63 bits per heavy atom. The van der Waals surface area contributed by atoms with Crippen molar-refractivity contribution in [3.63, 3.8) is 0 Å². The van der Waals surface area contributed by atoms with E-state index in [1.807, 2.05) is 26.8 Å². The zero-order valence-electron chi connectivity index (χ0n) is 11.6. The van der Waals surface area contributed by atoms with Gasteiger partial charge in [-0.2, -0.15) is 4.98 Å². The number of aromatic nitrogens is 2. The summed E-state index contributed by atoms with van der Waals surface area (Å²) in [6.07, 6.45) is 1.73. The van der Waals surface area contributed by atoms with Crippen LogP contribution in [0.15, 0.2) is 16.7 Å². The van der Waals surface area contributed by atoms with Gasteiger partial charge in [0.25, 0.3) is 0 Å². The van der Waals surface area contributed by atoms with Gasteiger partial charge in [0.2, 0.25) is 5.95 Å². The van der Waals surface area contributed by atoms with E-state index in [9.17, 15) is 0 Å². The van der Waals surface area contributed by atoms with Crippen LogP contribution in [0.3, 0.4) is 0 Å². The Balaban J connectivity index is 2.23. The number of hydrogen-bond donors (Lipinski definition) is 3. The maximum atomic E-state index is 5.54. The summed E-state index contributed by atoms with van der Waals surface area (Å²) in [5.74, 6) is 8.29. The lowest BCUT2D eigenvalue weighted by Crippen LogP contribution is -2.14. The smallest absolute Gasteiger partial charge is 0.239 e. The largest absolute Gasteiger partial charge is 0.466 e. The first-order valence-electron chi connectivity index (χ1n) is 6.15. The first kappa shape index (κ1) is 13.4. The number of furan rings is 1. The van der Waals surface area contributed by atoms with Crippen LogP contribution in [0.2, 0.25) is 0 Å². The lowest BCUT2D eigenvalue weighted by atomic mass is 10.1. The molecule has 19 heavy (non-hydrogen) atoms. The minimum Gasteiger partial charge on any atom is -0.466 e. The van der Waals surface area contributed by atoms with Crippen molar-refractivity contribution in [2.75, 3.05) is 10.7 Å². The number of hydrazine groups is 1. The van der Waals surface area contributed by atoms with Gasteiger partial charge in [-0.25, -0.2) is 10.8 Å². The second-order valence-electron chi connectivity index (χ2n) is 4.60. The summed E-state index contributed by atoms with van der Waals surface area (Å²) in [5.41, 5.74) is 4.53. The number of rotatable bonds is 4.